The fraction of sp³-hybridized carbons (Fsp3) is 0.571. The Balaban J connectivity index is 1.99. The van der Waals surface area contributed by atoms with E-state index in [1.165, 1.54) is 0 Å². The second kappa shape index (κ2) is 4.67. The number of hydrogen-bond acceptors (Lipinski definition) is 3. The first kappa shape index (κ1) is 12.4. The molecule has 0 saturated carbocycles. The zero-order valence-electron chi connectivity index (χ0n) is 10.6. The van der Waals surface area contributed by atoms with Gasteiger partial charge in [-0.05, 0) is 17.1 Å². The van der Waals surface area contributed by atoms with E-state index < -0.39 is 6.10 Å². The van der Waals surface area contributed by atoms with Crippen LogP contribution in [0.4, 0.5) is 0 Å². The second-order valence-corrected chi connectivity index (χ2v) is 5.60. The molecule has 3 heteroatoms. The van der Waals surface area contributed by atoms with Crippen LogP contribution in [0.2, 0.25) is 0 Å². The Bertz CT molecular complexity index is 371. The fourth-order valence-corrected chi connectivity index (χ4v) is 1.77. The minimum absolute atomic E-state index is 0.0615. The summed E-state index contributed by atoms with van der Waals surface area (Å²) in [6, 6.07) is 0. The molecular formula is C14H20O3. The van der Waals surface area contributed by atoms with Gasteiger partial charge in [0, 0.05) is 6.42 Å². The first-order chi connectivity index (χ1) is 7.97. The smallest absolute Gasteiger partial charge is 0.189 e. The lowest BCUT2D eigenvalue weighted by Gasteiger charge is -2.23. The Morgan fingerprint density at radius 3 is 2.88 bits per heavy atom. The highest BCUT2D eigenvalue weighted by Gasteiger charge is 2.26. The average Bonchev–Trinajstić information content (AvgIpc) is 2.71. The Labute approximate surface area is 102 Å². The van der Waals surface area contributed by atoms with Gasteiger partial charge in [-0.15, -0.1) is 0 Å². The number of aliphatic hydroxyl groups is 1. The minimum Gasteiger partial charge on any atom is -0.469 e. The zero-order chi connectivity index (χ0) is 12.5. The minimum atomic E-state index is -0.436. The molecular weight excluding hydrogens is 216 g/mol. The lowest BCUT2D eigenvalue weighted by atomic mass is 9.88. The van der Waals surface area contributed by atoms with Crippen molar-refractivity contribution in [3.8, 4) is 0 Å². The molecule has 0 radical (unpaired) electrons. The number of rotatable bonds is 2. The van der Waals surface area contributed by atoms with Crippen LogP contribution in [0.3, 0.4) is 0 Å². The number of allylic oxidation sites excluding steroid dienone is 3. The number of fused-ring (bicyclic) bond motifs is 1. The van der Waals surface area contributed by atoms with Gasteiger partial charge in [0.15, 0.2) is 6.79 Å². The molecule has 1 N–H and O–H groups in total. The molecule has 0 spiro atoms. The van der Waals surface area contributed by atoms with Crippen molar-refractivity contribution in [2.24, 2.45) is 5.41 Å². The Morgan fingerprint density at radius 2 is 2.18 bits per heavy atom. The van der Waals surface area contributed by atoms with Gasteiger partial charge in [0.2, 0.25) is 0 Å². The molecule has 0 aromatic heterocycles. The number of ether oxygens (including phenoxy) is 2. The zero-order valence-corrected chi connectivity index (χ0v) is 10.6. The van der Waals surface area contributed by atoms with Crippen LogP contribution in [0.5, 0.6) is 0 Å². The van der Waals surface area contributed by atoms with Gasteiger partial charge in [-0.25, -0.2) is 0 Å². The van der Waals surface area contributed by atoms with Crippen molar-refractivity contribution in [1.82, 2.24) is 0 Å². The van der Waals surface area contributed by atoms with Gasteiger partial charge in [-0.1, -0.05) is 39.0 Å². The standard InChI is InChI=1S/C14H20O3/c1-14(2,3)13(15)7-5-10-4-6-11-12(8-10)17-9-16-11/h4-7,12-13,15H,8-9H2,1-3H3/b7-5+/t12?,13-/m0/s1. The molecule has 1 saturated heterocycles. The van der Waals surface area contributed by atoms with Gasteiger partial charge in [-0.3, -0.25) is 0 Å². The lowest BCUT2D eigenvalue weighted by Crippen LogP contribution is -2.23. The van der Waals surface area contributed by atoms with E-state index in [1.807, 2.05) is 45.1 Å². The van der Waals surface area contributed by atoms with Crippen molar-refractivity contribution in [1.29, 1.82) is 0 Å². The third kappa shape index (κ3) is 2.99. The van der Waals surface area contributed by atoms with E-state index in [1.54, 1.807) is 0 Å². The third-order valence-corrected chi connectivity index (χ3v) is 3.07. The molecule has 94 valence electrons. The summed E-state index contributed by atoms with van der Waals surface area (Å²) >= 11 is 0. The molecule has 3 nitrogen and oxygen atoms in total. The lowest BCUT2D eigenvalue weighted by molar-refractivity contribution is 0.0503. The molecule has 1 unspecified atom stereocenters. The maximum Gasteiger partial charge on any atom is 0.189 e. The topological polar surface area (TPSA) is 38.7 Å². The van der Waals surface area contributed by atoms with E-state index in [-0.39, 0.29) is 11.5 Å². The largest absolute Gasteiger partial charge is 0.469 e. The monoisotopic (exact) mass is 236 g/mol. The van der Waals surface area contributed by atoms with Gasteiger partial charge in [-0.2, -0.15) is 0 Å². The normalized spacial score (nSPS) is 26.2. The van der Waals surface area contributed by atoms with Crippen LogP contribution >= 0.6 is 0 Å². The number of hydrogen-bond donors (Lipinski definition) is 1. The van der Waals surface area contributed by atoms with Crippen LogP contribution in [0.15, 0.2) is 35.6 Å². The van der Waals surface area contributed by atoms with Crippen LogP contribution in [-0.2, 0) is 9.47 Å². The van der Waals surface area contributed by atoms with Crippen molar-refractivity contribution in [2.75, 3.05) is 6.79 Å². The van der Waals surface area contributed by atoms with Crippen LogP contribution in [0, 0.1) is 5.41 Å². The summed E-state index contributed by atoms with van der Waals surface area (Å²) in [5.74, 6) is 0.915. The SMILES string of the molecule is CC(C)(C)[C@@H](O)/C=C/C1=CC=C2OCOC2C1. The van der Waals surface area contributed by atoms with Gasteiger partial charge < -0.3 is 14.6 Å². The van der Waals surface area contributed by atoms with Crippen molar-refractivity contribution < 1.29 is 14.6 Å². The van der Waals surface area contributed by atoms with E-state index in [4.69, 9.17) is 9.47 Å². The third-order valence-electron chi connectivity index (χ3n) is 3.07. The van der Waals surface area contributed by atoms with E-state index in [0.29, 0.717) is 6.79 Å². The van der Waals surface area contributed by atoms with Crippen LogP contribution in [0.25, 0.3) is 0 Å². The highest BCUT2D eigenvalue weighted by atomic mass is 16.7. The maximum atomic E-state index is 9.92. The van der Waals surface area contributed by atoms with Gasteiger partial charge in [0.25, 0.3) is 0 Å². The molecule has 2 rings (SSSR count). The molecule has 2 aliphatic rings. The molecule has 1 fully saturated rings. The van der Waals surface area contributed by atoms with E-state index >= 15 is 0 Å². The predicted octanol–water partition coefficient (Wildman–Crippen LogP) is 2.54. The average molecular weight is 236 g/mol. The molecule has 1 heterocycles. The summed E-state index contributed by atoms with van der Waals surface area (Å²) in [5, 5.41) is 9.92. The quantitative estimate of drug-likeness (QED) is 0.800. The molecule has 0 aromatic carbocycles. The summed E-state index contributed by atoms with van der Waals surface area (Å²) in [5.41, 5.74) is 1.03. The molecule has 0 aromatic rings. The first-order valence-corrected chi connectivity index (χ1v) is 5.98. The van der Waals surface area contributed by atoms with E-state index in [0.717, 1.165) is 17.8 Å². The molecule has 17 heavy (non-hydrogen) atoms. The molecule has 1 aliphatic heterocycles. The molecule has 0 bridgehead atoms. The van der Waals surface area contributed by atoms with Gasteiger partial charge in [0.1, 0.15) is 11.9 Å². The van der Waals surface area contributed by atoms with Crippen molar-refractivity contribution in [2.45, 2.75) is 39.4 Å². The van der Waals surface area contributed by atoms with Crippen molar-refractivity contribution >= 4 is 0 Å². The summed E-state index contributed by atoms with van der Waals surface area (Å²) in [7, 11) is 0. The van der Waals surface area contributed by atoms with Gasteiger partial charge in [0.05, 0.1) is 6.10 Å². The van der Waals surface area contributed by atoms with Crippen LogP contribution in [0.1, 0.15) is 27.2 Å². The van der Waals surface area contributed by atoms with Crippen molar-refractivity contribution in [3.05, 3.63) is 35.6 Å². The van der Waals surface area contributed by atoms with Crippen LogP contribution < -0.4 is 0 Å². The van der Waals surface area contributed by atoms with Crippen LogP contribution in [-0.4, -0.2) is 24.1 Å². The molecule has 0 amide bonds. The highest BCUT2D eigenvalue weighted by molar-refractivity contribution is 5.32. The maximum absolute atomic E-state index is 9.92. The summed E-state index contributed by atoms with van der Waals surface area (Å²) in [6.07, 6.45) is 8.24. The molecule has 1 aliphatic carbocycles. The number of aliphatic hydroxyl groups excluding tert-OH is 1. The fourth-order valence-electron chi connectivity index (χ4n) is 1.77. The Kier molecular flexibility index (Phi) is 3.40. The summed E-state index contributed by atoms with van der Waals surface area (Å²) in [4.78, 5) is 0. The predicted molar refractivity (Wildman–Crippen MR) is 66.2 cm³/mol. The summed E-state index contributed by atoms with van der Waals surface area (Å²) in [6.45, 7) is 6.40. The van der Waals surface area contributed by atoms with E-state index in [2.05, 4.69) is 0 Å². The highest BCUT2D eigenvalue weighted by Crippen LogP contribution is 2.28. The molecule has 2 atom stereocenters. The van der Waals surface area contributed by atoms with Crippen molar-refractivity contribution in [3.63, 3.8) is 0 Å². The van der Waals surface area contributed by atoms with E-state index in [9.17, 15) is 5.11 Å². The Morgan fingerprint density at radius 1 is 1.41 bits per heavy atom. The second-order valence-electron chi connectivity index (χ2n) is 5.60. The first-order valence-electron chi connectivity index (χ1n) is 5.98. The Hall–Kier alpha value is -1.06. The van der Waals surface area contributed by atoms with Gasteiger partial charge >= 0.3 is 0 Å². The summed E-state index contributed by atoms with van der Waals surface area (Å²) < 4.78 is 10.7.